The average molecular weight is 338 g/mol. The standard InChI is InChI=1S/C17H26N2O5/c1-17(2,3)24-16(22)19-14(11-20)9-10-18-15(21)23-12-13-7-5-4-6-8-13/h4-8,14,20H,9-12H2,1-3H3,(H,18,21)(H,19,22). The average Bonchev–Trinajstić information content (AvgIpc) is 2.51. The molecule has 0 aliphatic rings. The van der Waals surface area contributed by atoms with Gasteiger partial charge < -0.3 is 25.2 Å². The highest BCUT2D eigenvalue weighted by molar-refractivity contribution is 5.68. The minimum atomic E-state index is -0.608. The van der Waals surface area contributed by atoms with Gasteiger partial charge in [0.2, 0.25) is 0 Å². The molecule has 0 aromatic heterocycles. The molecule has 0 saturated carbocycles. The van der Waals surface area contributed by atoms with Crippen molar-refractivity contribution in [1.82, 2.24) is 10.6 Å². The number of ether oxygens (including phenoxy) is 2. The summed E-state index contributed by atoms with van der Waals surface area (Å²) in [6.07, 6.45) is -0.795. The molecule has 3 N–H and O–H groups in total. The molecule has 0 aliphatic carbocycles. The van der Waals surface area contributed by atoms with Crippen molar-refractivity contribution in [2.24, 2.45) is 0 Å². The number of carbonyl (C=O) groups is 2. The Labute approximate surface area is 142 Å². The topological polar surface area (TPSA) is 96.9 Å². The van der Waals surface area contributed by atoms with Crippen molar-refractivity contribution >= 4 is 12.2 Å². The molecule has 134 valence electrons. The van der Waals surface area contributed by atoms with Crippen molar-refractivity contribution in [1.29, 1.82) is 0 Å². The van der Waals surface area contributed by atoms with Crippen LogP contribution in [0.25, 0.3) is 0 Å². The highest BCUT2D eigenvalue weighted by atomic mass is 16.6. The van der Waals surface area contributed by atoms with Crippen LogP contribution in [0, 0.1) is 0 Å². The lowest BCUT2D eigenvalue weighted by molar-refractivity contribution is 0.0479. The number of nitrogens with one attached hydrogen (secondary N) is 2. The molecule has 0 radical (unpaired) electrons. The van der Waals surface area contributed by atoms with Crippen molar-refractivity contribution in [3.8, 4) is 0 Å². The van der Waals surface area contributed by atoms with E-state index in [1.807, 2.05) is 30.3 Å². The van der Waals surface area contributed by atoms with Crippen LogP contribution in [0.3, 0.4) is 0 Å². The van der Waals surface area contributed by atoms with E-state index in [0.717, 1.165) is 5.56 Å². The van der Waals surface area contributed by atoms with Gasteiger partial charge in [0.1, 0.15) is 12.2 Å². The van der Waals surface area contributed by atoms with E-state index in [4.69, 9.17) is 9.47 Å². The molecule has 24 heavy (non-hydrogen) atoms. The van der Waals surface area contributed by atoms with E-state index in [0.29, 0.717) is 6.42 Å². The first-order chi connectivity index (χ1) is 11.3. The molecule has 0 bridgehead atoms. The molecule has 1 aromatic rings. The number of amides is 2. The lowest BCUT2D eigenvalue weighted by Crippen LogP contribution is -2.42. The van der Waals surface area contributed by atoms with Crippen molar-refractivity contribution in [2.75, 3.05) is 13.2 Å². The fraction of sp³-hybridized carbons (Fsp3) is 0.529. The van der Waals surface area contributed by atoms with Crippen molar-refractivity contribution in [3.63, 3.8) is 0 Å². The van der Waals surface area contributed by atoms with Crippen molar-refractivity contribution < 1.29 is 24.2 Å². The second kappa shape index (κ2) is 9.77. The third-order valence-electron chi connectivity index (χ3n) is 2.92. The van der Waals surface area contributed by atoms with Gasteiger partial charge in [0.25, 0.3) is 0 Å². The van der Waals surface area contributed by atoms with Crippen LogP contribution in [-0.4, -0.2) is 42.1 Å². The molecule has 1 unspecified atom stereocenters. The first-order valence-electron chi connectivity index (χ1n) is 7.85. The lowest BCUT2D eigenvalue weighted by atomic mass is 10.2. The molecule has 0 saturated heterocycles. The Morgan fingerprint density at radius 3 is 2.42 bits per heavy atom. The summed E-state index contributed by atoms with van der Waals surface area (Å²) in [5.41, 5.74) is 0.288. The van der Waals surface area contributed by atoms with E-state index in [1.165, 1.54) is 0 Å². The Morgan fingerprint density at radius 1 is 1.17 bits per heavy atom. The number of carbonyl (C=O) groups excluding carboxylic acids is 2. The van der Waals surface area contributed by atoms with Crippen molar-refractivity contribution in [2.45, 2.75) is 45.4 Å². The Kier molecular flexibility index (Phi) is 8.05. The zero-order valence-corrected chi connectivity index (χ0v) is 14.4. The minimum Gasteiger partial charge on any atom is -0.445 e. The third-order valence-corrected chi connectivity index (χ3v) is 2.92. The summed E-state index contributed by atoms with van der Waals surface area (Å²) in [7, 11) is 0. The monoisotopic (exact) mass is 338 g/mol. The van der Waals surface area contributed by atoms with Crippen LogP contribution in [0.5, 0.6) is 0 Å². The van der Waals surface area contributed by atoms with Gasteiger partial charge in [-0.05, 0) is 32.8 Å². The van der Waals surface area contributed by atoms with E-state index in [-0.39, 0.29) is 19.8 Å². The zero-order valence-electron chi connectivity index (χ0n) is 14.4. The van der Waals surface area contributed by atoms with Gasteiger partial charge in [0.15, 0.2) is 0 Å². The maximum atomic E-state index is 11.6. The van der Waals surface area contributed by atoms with Gasteiger partial charge in [-0.25, -0.2) is 9.59 Å². The predicted octanol–water partition coefficient (Wildman–Crippen LogP) is 2.19. The third kappa shape index (κ3) is 8.99. The molecule has 0 fully saturated rings. The molecule has 0 heterocycles. The number of aliphatic hydroxyl groups excluding tert-OH is 1. The largest absolute Gasteiger partial charge is 0.445 e. The van der Waals surface area contributed by atoms with Gasteiger partial charge >= 0.3 is 12.2 Å². The Balaban J connectivity index is 2.23. The van der Waals surface area contributed by atoms with Crippen LogP contribution >= 0.6 is 0 Å². The minimum absolute atomic E-state index is 0.187. The number of alkyl carbamates (subject to hydrolysis) is 2. The van der Waals surface area contributed by atoms with Crippen LogP contribution < -0.4 is 10.6 Å². The molecule has 1 atom stereocenters. The summed E-state index contributed by atoms with van der Waals surface area (Å²) >= 11 is 0. The summed E-state index contributed by atoms with van der Waals surface area (Å²) in [6.45, 7) is 5.46. The Hall–Kier alpha value is -2.28. The van der Waals surface area contributed by atoms with E-state index >= 15 is 0 Å². The highest BCUT2D eigenvalue weighted by Gasteiger charge is 2.19. The van der Waals surface area contributed by atoms with E-state index in [2.05, 4.69) is 10.6 Å². The highest BCUT2D eigenvalue weighted by Crippen LogP contribution is 2.07. The maximum Gasteiger partial charge on any atom is 0.407 e. The van der Waals surface area contributed by atoms with Gasteiger partial charge in [0, 0.05) is 6.54 Å². The summed E-state index contributed by atoms with van der Waals surface area (Å²) < 4.78 is 10.2. The van der Waals surface area contributed by atoms with E-state index in [9.17, 15) is 14.7 Å². The molecular weight excluding hydrogens is 312 g/mol. The fourth-order valence-corrected chi connectivity index (χ4v) is 1.81. The lowest BCUT2D eigenvalue weighted by Gasteiger charge is -2.22. The van der Waals surface area contributed by atoms with E-state index in [1.54, 1.807) is 20.8 Å². The van der Waals surface area contributed by atoms with Crippen LogP contribution in [0.2, 0.25) is 0 Å². The number of aliphatic hydroxyl groups is 1. The number of rotatable bonds is 7. The molecule has 7 heteroatoms. The van der Waals surface area contributed by atoms with Crippen LogP contribution in [0.1, 0.15) is 32.8 Å². The zero-order chi connectivity index (χ0) is 18.0. The first-order valence-corrected chi connectivity index (χ1v) is 7.85. The molecule has 1 rings (SSSR count). The normalized spacial score (nSPS) is 12.2. The summed E-state index contributed by atoms with van der Waals surface area (Å²) in [6, 6.07) is 8.83. The number of benzene rings is 1. The van der Waals surface area contributed by atoms with Gasteiger partial charge in [-0.3, -0.25) is 0 Å². The number of hydrogen-bond donors (Lipinski definition) is 3. The Morgan fingerprint density at radius 2 is 1.83 bits per heavy atom. The van der Waals surface area contributed by atoms with Gasteiger partial charge in [-0.1, -0.05) is 30.3 Å². The predicted molar refractivity (Wildman–Crippen MR) is 89.5 cm³/mol. The van der Waals surface area contributed by atoms with E-state index < -0.39 is 23.8 Å². The fourth-order valence-electron chi connectivity index (χ4n) is 1.81. The molecule has 7 nitrogen and oxygen atoms in total. The summed E-state index contributed by atoms with van der Waals surface area (Å²) in [4.78, 5) is 23.2. The molecule has 1 aromatic carbocycles. The van der Waals surface area contributed by atoms with Crippen molar-refractivity contribution in [3.05, 3.63) is 35.9 Å². The SMILES string of the molecule is CC(C)(C)OC(=O)NC(CO)CCNC(=O)OCc1ccccc1. The van der Waals surface area contributed by atoms with Crippen LogP contribution in [0.15, 0.2) is 30.3 Å². The summed E-state index contributed by atoms with van der Waals surface area (Å²) in [5, 5.41) is 14.4. The van der Waals surface area contributed by atoms with Gasteiger partial charge in [-0.15, -0.1) is 0 Å². The number of hydrogen-bond acceptors (Lipinski definition) is 5. The van der Waals surface area contributed by atoms with Crippen LogP contribution in [0.4, 0.5) is 9.59 Å². The summed E-state index contributed by atoms with van der Waals surface area (Å²) in [5.74, 6) is 0. The molecular formula is C17H26N2O5. The van der Waals surface area contributed by atoms with Crippen LogP contribution in [-0.2, 0) is 16.1 Å². The Bertz CT molecular complexity index is 513. The second-order valence-electron chi connectivity index (χ2n) is 6.30. The molecule has 0 spiro atoms. The smallest absolute Gasteiger partial charge is 0.407 e. The maximum absolute atomic E-state index is 11.6. The first kappa shape index (κ1) is 19.8. The van der Waals surface area contributed by atoms with Gasteiger partial charge in [-0.2, -0.15) is 0 Å². The van der Waals surface area contributed by atoms with Gasteiger partial charge in [0.05, 0.1) is 12.6 Å². The quantitative estimate of drug-likeness (QED) is 0.708. The molecule has 2 amide bonds. The molecule has 0 aliphatic heterocycles. The second-order valence-corrected chi connectivity index (χ2v) is 6.30.